The van der Waals surface area contributed by atoms with Crippen molar-refractivity contribution < 1.29 is 4.79 Å². The summed E-state index contributed by atoms with van der Waals surface area (Å²) in [5.74, 6) is 2.59. The standard InChI is InChI=1S/C9H19N.C8H16N2O/c1-8(2)7-9-3-5-10-6-4-9;1-7(2)3-5-10-6-4-9-8(10)11/h8-10H,3-7H2,1-2H3;7H,3-6H2,1-2H3,(H,9,11). The molecule has 0 bridgehead atoms. The van der Waals surface area contributed by atoms with Crippen molar-refractivity contribution in [2.45, 2.75) is 53.4 Å². The smallest absolute Gasteiger partial charge is 0.317 e. The van der Waals surface area contributed by atoms with E-state index in [4.69, 9.17) is 0 Å². The molecule has 2 fully saturated rings. The van der Waals surface area contributed by atoms with E-state index < -0.39 is 0 Å². The van der Waals surface area contributed by atoms with Crippen molar-refractivity contribution in [2.24, 2.45) is 17.8 Å². The van der Waals surface area contributed by atoms with Crippen molar-refractivity contribution in [3.05, 3.63) is 0 Å². The second-order valence-corrected chi connectivity index (χ2v) is 7.22. The van der Waals surface area contributed by atoms with Gasteiger partial charge in [-0.2, -0.15) is 0 Å². The van der Waals surface area contributed by atoms with Crippen molar-refractivity contribution >= 4 is 6.03 Å². The molecule has 2 N–H and O–H groups in total. The number of amides is 2. The van der Waals surface area contributed by atoms with Crippen LogP contribution in [-0.4, -0.2) is 43.7 Å². The van der Waals surface area contributed by atoms with Gasteiger partial charge in [-0.25, -0.2) is 4.79 Å². The van der Waals surface area contributed by atoms with Crippen LogP contribution in [0, 0.1) is 17.8 Å². The number of piperidine rings is 1. The maximum absolute atomic E-state index is 11.0. The molecule has 2 aliphatic rings. The Hall–Kier alpha value is -0.770. The summed E-state index contributed by atoms with van der Waals surface area (Å²) in [6.07, 6.45) is 5.34. The molecule has 4 nitrogen and oxygen atoms in total. The van der Waals surface area contributed by atoms with E-state index in [1.165, 1.54) is 32.4 Å². The lowest BCUT2D eigenvalue weighted by molar-refractivity contribution is 0.215. The van der Waals surface area contributed by atoms with Gasteiger partial charge in [0.1, 0.15) is 0 Å². The van der Waals surface area contributed by atoms with Gasteiger partial charge in [0.15, 0.2) is 0 Å². The fourth-order valence-corrected chi connectivity index (χ4v) is 2.92. The molecule has 0 radical (unpaired) electrons. The highest BCUT2D eigenvalue weighted by Gasteiger charge is 2.18. The van der Waals surface area contributed by atoms with E-state index in [1.807, 2.05) is 4.90 Å². The van der Waals surface area contributed by atoms with Crippen LogP contribution in [-0.2, 0) is 0 Å². The monoisotopic (exact) mass is 297 g/mol. The average molecular weight is 297 g/mol. The van der Waals surface area contributed by atoms with Gasteiger partial charge in [-0.15, -0.1) is 0 Å². The maximum Gasteiger partial charge on any atom is 0.317 e. The lowest BCUT2D eigenvalue weighted by Crippen LogP contribution is -2.29. The Morgan fingerprint density at radius 3 is 2.24 bits per heavy atom. The van der Waals surface area contributed by atoms with Gasteiger partial charge in [0, 0.05) is 19.6 Å². The van der Waals surface area contributed by atoms with Crippen LogP contribution in [0.2, 0.25) is 0 Å². The van der Waals surface area contributed by atoms with Crippen LogP contribution < -0.4 is 10.6 Å². The highest BCUT2D eigenvalue weighted by Crippen LogP contribution is 2.20. The first-order chi connectivity index (χ1) is 9.99. The molecule has 2 heterocycles. The van der Waals surface area contributed by atoms with Crippen molar-refractivity contribution in [2.75, 3.05) is 32.7 Å². The van der Waals surface area contributed by atoms with Gasteiger partial charge in [0.05, 0.1) is 0 Å². The Morgan fingerprint density at radius 1 is 1.10 bits per heavy atom. The Bertz CT molecular complexity index is 286. The molecular formula is C17H35N3O. The minimum absolute atomic E-state index is 0.102. The van der Waals surface area contributed by atoms with Crippen molar-refractivity contribution in [1.29, 1.82) is 0 Å². The average Bonchev–Trinajstić information content (AvgIpc) is 2.83. The van der Waals surface area contributed by atoms with E-state index >= 15 is 0 Å². The van der Waals surface area contributed by atoms with E-state index in [2.05, 4.69) is 38.3 Å². The molecule has 0 aromatic carbocycles. The Balaban J connectivity index is 0.000000211. The summed E-state index contributed by atoms with van der Waals surface area (Å²) in [5.41, 5.74) is 0. The van der Waals surface area contributed by atoms with E-state index in [-0.39, 0.29) is 6.03 Å². The first kappa shape index (κ1) is 18.3. The van der Waals surface area contributed by atoms with Crippen LogP contribution in [0.1, 0.15) is 53.4 Å². The highest BCUT2D eigenvalue weighted by atomic mass is 16.2. The number of carbonyl (C=O) groups excluding carboxylic acids is 1. The van der Waals surface area contributed by atoms with Crippen LogP contribution in [0.25, 0.3) is 0 Å². The third-order valence-electron chi connectivity index (χ3n) is 4.18. The Morgan fingerprint density at radius 2 is 1.76 bits per heavy atom. The Labute approximate surface area is 131 Å². The second-order valence-electron chi connectivity index (χ2n) is 7.22. The summed E-state index contributed by atoms with van der Waals surface area (Å²) in [7, 11) is 0. The molecule has 0 unspecified atom stereocenters. The number of urea groups is 1. The molecule has 0 aliphatic carbocycles. The van der Waals surface area contributed by atoms with Crippen molar-refractivity contribution in [3.63, 3.8) is 0 Å². The van der Waals surface area contributed by atoms with Crippen molar-refractivity contribution in [3.8, 4) is 0 Å². The van der Waals surface area contributed by atoms with E-state index in [0.29, 0.717) is 5.92 Å². The largest absolute Gasteiger partial charge is 0.336 e. The quantitative estimate of drug-likeness (QED) is 0.819. The van der Waals surface area contributed by atoms with Crippen molar-refractivity contribution in [1.82, 2.24) is 15.5 Å². The predicted octanol–water partition coefficient (Wildman–Crippen LogP) is 3.09. The zero-order chi connectivity index (χ0) is 15.7. The van der Waals surface area contributed by atoms with E-state index in [9.17, 15) is 4.79 Å². The Kier molecular flexibility index (Phi) is 8.74. The molecule has 0 aromatic heterocycles. The molecule has 21 heavy (non-hydrogen) atoms. The minimum Gasteiger partial charge on any atom is -0.336 e. The third kappa shape index (κ3) is 8.30. The summed E-state index contributed by atoms with van der Waals surface area (Å²) in [4.78, 5) is 12.9. The van der Waals surface area contributed by atoms with Gasteiger partial charge in [-0.1, -0.05) is 27.7 Å². The number of hydrogen-bond donors (Lipinski definition) is 2. The van der Waals surface area contributed by atoms with Gasteiger partial charge in [0.25, 0.3) is 0 Å². The molecule has 0 aromatic rings. The van der Waals surface area contributed by atoms with Crippen LogP contribution in [0.15, 0.2) is 0 Å². The lowest BCUT2D eigenvalue weighted by atomic mass is 9.89. The van der Waals surface area contributed by atoms with E-state index in [0.717, 1.165) is 37.9 Å². The number of nitrogens with zero attached hydrogens (tertiary/aromatic N) is 1. The topological polar surface area (TPSA) is 44.4 Å². The van der Waals surface area contributed by atoms with Gasteiger partial charge in [-0.05, 0) is 56.5 Å². The fourth-order valence-electron chi connectivity index (χ4n) is 2.92. The van der Waals surface area contributed by atoms with Crippen LogP contribution in [0.4, 0.5) is 4.79 Å². The molecule has 0 spiro atoms. The first-order valence-electron chi connectivity index (χ1n) is 8.72. The van der Waals surface area contributed by atoms with Gasteiger partial charge >= 0.3 is 6.03 Å². The number of nitrogens with one attached hydrogen (secondary N) is 2. The first-order valence-corrected chi connectivity index (χ1v) is 8.72. The van der Waals surface area contributed by atoms with Gasteiger partial charge in [-0.3, -0.25) is 0 Å². The molecule has 0 atom stereocenters. The second kappa shape index (κ2) is 10.0. The van der Waals surface area contributed by atoms with Gasteiger partial charge in [0.2, 0.25) is 0 Å². The minimum atomic E-state index is 0.102. The van der Waals surface area contributed by atoms with Gasteiger partial charge < -0.3 is 15.5 Å². The van der Waals surface area contributed by atoms with Crippen LogP contribution in [0.5, 0.6) is 0 Å². The number of carbonyl (C=O) groups is 1. The summed E-state index contributed by atoms with van der Waals surface area (Å²) in [5, 5.41) is 6.17. The lowest BCUT2D eigenvalue weighted by Gasteiger charge is -2.23. The molecule has 4 heteroatoms. The number of rotatable bonds is 5. The SMILES string of the molecule is CC(C)CC1CCNCC1.CC(C)CCN1CCNC1=O. The van der Waals surface area contributed by atoms with Crippen LogP contribution in [0.3, 0.4) is 0 Å². The highest BCUT2D eigenvalue weighted by molar-refractivity contribution is 5.76. The summed E-state index contributed by atoms with van der Waals surface area (Å²) >= 11 is 0. The number of hydrogen-bond acceptors (Lipinski definition) is 2. The van der Waals surface area contributed by atoms with E-state index in [1.54, 1.807) is 0 Å². The third-order valence-corrected chi connectivity index (χ3v) is 4.18. The van der Waals surface area contributed by atoms with Crippen LogP contribution >= 0.6 is 0 Å². The molecule has 124 valence electrons. The molecule has 0 saturated carbocycles. The zero-order valence-electron chi connectivity index (χ0n) is 14.5. The summed E-state index contributed by atoms with van der Waals surface area (Å²) < 4.78 is 0. The summed E-state index contributed by atoms with van der Waals surface area (Å²) in [6, 6.07) is 0.102. The zero-order valence-corrected chi connectivity index (χ0v) is 14.5. The molecule has 2 amide bonds. The fraction of sp³-hybridized carbons (Fsp3) is 0.941. The normalized spacial score (nSPS) is 19.7. The molecule has 2 saturated heterocycles. The maximum atomic E-state index is 11.0. The predicted molar refractivity (Wildman–Crippen MR) is 89.5 cm³/mol. The summed E-state index contributed by atoms with van der Waals surface area (Å²) in [6.45, 7) is 14.1. The molecular weight excluding hydrogens is 262 g/mol. The molecule has 2 aliphatic heterocycles. The molecule has 2 rings (SSSR count).